The number of carboxylic acid groups (broad SMARTS) is 1. The Morgan fingerprint density at radius 1 is 1.21 bits per heavy atom. The van der Waals surface area contributed by atoms with Crippen molar-refractivity contribution in [2.75, 3.05) is 6.61 Å². The fraction of sp³-hybridized carbons (Fsp3) is 0.480. The number of fused-ring (bicyclic) bond motifs is 1. The van der Waals surface area contributed by atoms with Gasteiger partial charge in [0, 0.05) is 16.0 Å². The molecular weight excluding hydrogens is 380 g/mol. The Morgan fingerprint density at radius 3 is 2.79 bits per heavy atom. The number of carboxylic acids is 1. The molecule has 3 nitrogen and oxygen atoms in total. The maximum Gasteiger partial charge on any atom is 0.308 e. The topological polar surface area (TPSA) is 46.5 Å². The van der Waals surface area contributed by atoms with Crippen molar-refractivity contribution in [1.82, 2.24) is 0 Å². The first kappa shape index (κ1) is 21.5. The highest BCUT2D eigenvalue weighted by Gasteiger charge is 2.29. The largest absolute Gasteiger partial charge is 0.493 e. The summed E-state index contributed by atoms with van der Waals surface area (Å²) in [5, 5.41) is 8.96. The van der Waals surface area contributed by atoms with Crippen LogP contribution in [-0.4, -0.2) is 17.7 Å². The molecule has 0 atom stereocenters. The molecule has 1 aliphatic rings. The molecule has 1 aromatic carbocycles. The Bertz CT molecular complexity index is 927. The summed E-state index contributed by atoms with van der Waals surface area (Å²) >= 11 is 1.46. The van der Waals surface area contributed by atoms with E-state index in [-0.39, 0.29) is 11.8 Å². The van der Waals surface area contributed by atoms with Gasteiger partial charge in [0.25, 0.3) is 0 Å². The van der Waals surface area contributed by atoms with E-state index < -0.39 is 5.97 Å². The molecule has 1 aromatic heterocycles. The van der Waals surface area contributed by atoms with Gasteiger partial charge in [0.2, 0.25) is 0 Å². The number of rotatable bonds is 7. The van der Waals surface area contributed by atoms with Gasteiger partial charge in [0.05, 0.1) is 17.9 Å². The van der Waals surface area contributed by atoms with Crippen molar-refractivity contribution in [3.8, 4) is 17.6 Å². The van der Waals surface area contributed by atoms with Crippen LogP contribution in [0.3, 0.4) is 0 Å². The number of hydrogen-bond acceptors (Lipinski definition) is 3. The standard InChI is InChI=1S/C25H30O3S/c1-4-5-6-7-8-18-16-23-22(25(2,3)13-14-28-23)15-19(18)9-10-20-11-12-21(29-20)17-24(26)27/h11-12,15-16H,4-8,13-14,17H2,1-3H3,(H,26,27). The SMILES string of the molecule is CCCCCCc1cc2c(cc1C#Cc1ccc(CC(=O)O)s1)C(C)(C)CCO2. The zero-order chi connectivity index (χ0) is 20.9. The van der Waals surface area contributed by atoms with Crippen molar-refractivity contribution in [3.63, 3.8) is 0 Å². The predicted molar refractivity (Wildman–Crippen MR) is 119 cm³/mol. The van der Waals surface area contributed by atoms with Crippen molar-refractivity contribution >= 4 is 17.3 Å². The van der Waals surface area contributed by atoms with Crippen LogP contribution in [-0.2, 0) is 23.1 Å². The number of carbonyl (C=O) groups is 1. The second-order valence-corrected chi connectivity index (χ2v) is 9.55. The lowest BCUT2D eigenvalue weighted by Gasteiger charge is -2.33. The Labute approximate surface area is 178 Å². The Morgan fingerprint density at radius 2 is 2.03 bits per heavy atom. The van der Waals surface area contributed by atoms with Crippen molar-refractivity contribution in [1.29, 1.82) is 0 Å². The quantitative estimate of drug-likeness (QED) is 0.453. The molecule has 154 valence electrons. The lowest BCUT2D eigenvalue weighted by molar-refractivity contribution is -0.136. The maximum absolute atomic E-state index is 10.9. The Hall–Kier alpha value is -2.25. The third-order valence-electron chi connectivity index (χ3n) is 5.53. The van der Waals surface area contributed by atoms with E-state index in [1.54, 1.807) is 0 Å². The number of hydrogen-bond donors (Lipinski definition) is 1. The zero-order valence-corrected chi connectivity index (χ0v) is 18.5. The highest BCUT2D eigenvalue weighted by atomic mass is 32.1. The highest BCUT2D eigenvalue weighted by Crippen LogP contribution is 2.40. The number of unbranched alkanes of at least 4 members (excludes halogenated alkanes) is 3. The van der Waals surface area contributed by atoms with E-state index in [0.717, 1.165) is 46.9 Å². The molecule has 29 heavy (non-hydrogen) atoms. The Kier molecular flexibility index (Phi) is 7.03. The molecule has 0 unspecified atom stereocenters. The molecular formula is C25H30O3S. The molecule has 2 heterocycles. The number of aliphatic carboxylic acids is 1. The first-order valence-electron chi connectivity index (χ1n) is 10.5. The maximum atomic E-state index is 10.9. The summed E-state index contributed by atoms with van der Waals surface area (Å²) in [6, 6.07) is 8.21. The van der Waals surface area contributed by atoms with Gasteiger partial charge in [-0.25, -0.2) is 0 Å². The molecule has 4 heteroatoms. The van der Waals surface area contributed by atoms with Crippen LogP contribution in [0, 0.1) is 11.8 Å². The second-order valence-electron chi connectivity index (χ2n) is 8.38. The van der Waals surface area contributed by atoms with Crippen LogP contribution in [0.1, 0.15) is 79.3 Å². The van der Waals surface area contributed by atoms with E-state index in [2.05, 4.69) is 44.7 Å². The van der Waals surface area contributed by atoms with Crippen LogP contribution in [0.25, 0.3) is 0 Å². The fourth-order valence-electron chi connectivity index (χ4n) is 3.70. The van der Waals surface area contributed by atoms with Gasteiger partial charge in [-0.1, -0.05) is 51.9 Å². The van der Waals surface area contributed by atoms with E-state index in [0.29, 0.717) is 0 Å². The third-order valence-corrected chi connectivity index (χ3v) is 6.53. The minimum atomic E-state index is -0.808. The molecule has 0 fully saturated rings. The fourth-order valence-corrected chi connectivity index (χ4v) is 4.56. The molecule has 0 aliphatic carbocycles. The highest BCUT2D eigenvalue weighted by molar-refractivity contribution is 7.12. The van der Waals surface area contributed by atoms with Crippen molar-refractivity contribution in [2.24, 2.45) is 0 Å². The summed E-state index contributed by atoms with van der Waals surface area (Å²) in [4.78, 5) is 12.6. The summed E-state index contributed by atoms with van der Waals surface area (Å²) in [6.07, 6.45) is 6.95. The number of benzene rings is 1. The monoisotopic (exact) mass is 410 g/mol. The molecule has 1 aliphatic heterocycles. The van der Waals surface area contributed by atoms with Crippen molar-refractivity contribution in [3.05, 3.63) is 50.7 Å². The lowest BCUT2D eigenvalue weighted by atomic mass is 9.78. The summed E-state index contributed by atoms with van der Waals surface area (Å²) in [6.45, 7) is 7.53. The van der Waals surface area contributed by atoms with Crippen LogP contribution < -0.4 is 4.74 Å². The molecule has 0 saturated carbocycles. The molecule has 0 saturated heterocycles. The zero-order valence-electron chi connectivity index (χ0n) is 17.6. The van der Waals surface area contributed by atoms with Crippen LogP contribution in [0.15, 0.2) is 24.3 Å². The van der Waals surface area contributed by atoms with Gasteiger partial charge in [-0.05, 0) is 54.5 Å². The molecule has 0 amide bonds. The normalized spacial score (nSPS) is 14.4. The van der Waals surface area contributed by atoms with Crippen molar-refractivity contribution in [2.45, 2.75) is 71.1 Å². The molecule has 0 radical (unpaired) electrons. The molecule has 1 N–H and O–H groups in total. The first-order chi connectivity index (χ1) is 13.9. The summed E-state index contributed by atoms with van der Waals surface area (Å²) in [5.41, 5.74) is 3.66. The lowest BCUT2D eigenvalue weighted by Crippen LogP contribution is -2.27. The average molecular weight is 411 g/mol. The van der Waals surface area contributed by atoms with E-state index in [1.807, 2.05) is 12.1 Å². The molecule has 3 rings (SSSR count). The van der Waals surface area contributed by atoms with Gasteiger partial charge >= 0.3 is 5.97 Å². The summed E-state index contributed by atoms with van der Waals surface area (Å²) < 4.78 is 5.98. The number of thiophene rings is 1. The average Bonchev–Trinajstić information content (AvgIpc) is 3.10. The van der Waals surface area contributed by atoms with E-state index in [4.69, 9.17) is 9.84 Å². The van der Waals surface area contributed by atoms with Gasteiger partial charge in [0.1, 0.15) is 5.75 Å². The van der Waals surface area contributed by atoms with Crippen LogP contribution in [0.2, 0.25) is 0 Å². The van der Waals surface area contributed by atoms with Crippen molar-refractivity contribution < 1.29 is 14.6 Å². The van der Waals surface area contributed by atoms with E-state index >= 15 is 0 Å². The van der Waals surface area contributed by atoms with Gasteiger partial charge in [-0.15, -0.1) is 11.3 Å². The predicted octanol–water partition coefficient (Wildman–Crippen LogP) is 5.96. The van der Waals surface area contributed by atoms with Gasteiger partial charge in [-0.2, -0.15) is 0 Å². The van der Waals surface area contributed by atoms with Crippen LogP contribution in [0.4, 0.5) is 0 Å². The van der Waals surface area contributed by atoms with E-state index in [9.17, 15) is 4.79 Å². The third kappa shape index (κ3) is 5.64. The minimum absolute atomic E-state index is 0.0550. The molecule has 2 aromatic rings. The second kappa shape index (κ2) is 9.50. The Balaban J connectivity index is 1.91. The first-order valence-corrected chi connectivity index (χ1v) is 11.3. The van der Waals surface area contributed by atoms with Crippen LogP contribution >= 0.6 is 11.3 Å². The summed E-state index contributed by atoms with van der Waals surface area (Å²) in [7, 11) is 0. The number of aryl methyl sites for hydroxylation is 1. The van der Waals surface area contributed by atoms with E-state index in [1.165, 1.54) is 41.7 Å². The van der Waals surface area contributed by atoms with Crippen LogP contribution in [0.5, 0.6) is 5.75 Å². The van der Waals surface area contributed by atoms with Gasteiger partial charge in [0.15, 0.2) is 0 Å². The molecule has 0 spiro atoms. The molecule has 0 bridgehead atoms. The smallest absolute Gasteiger partial charge is 0.308 e. The van der Waals surface area contributed by atoms with Gasteiger partial charge in [-0.3, -0.25) is 4.79 Å². The van der Waals surface area contributed by atoms with Gasteiger partial charge < -0.3 is 9.84 Å². The summed E-state index contributed by atoms with van der Waals surface area (Å²) in [5.74, 6) is 6.85. The minimum Gasteiger partial charge on any atom is -0.493 e. The number of ether oxygens (including phenoxy) is 1.